The summed E-state index contributed by atoms with van der Waals surface area (Å²) in [4.78, 5) is 20.3. The lowest BCUT2D eigenvalue weighted by Gasteiger charge is -2.03. The van der Waals surface area contributed by atoms with Crippen LogP contribution in [0.2, 0.25) is 0 Å². The first-order chi connectivity index (χ1) is 6.40. The van der Waals surface area contributed by atoms with E-state index in [0.29, 0.717) is 17.9 Å². The van der Waals surface area contributed by atoms with Crippen molar-refractivity contribution in [3.8, 4) is 5.75 Å². The van der Waals surface area contributed by atoms with E-state index in [0.717, 1.165) is 18.4 Å². The molecule has 1 aliphatic heterocycles. The average molecular weight is 177 g/mol. The van der Waals surface area contributed by atoms with Gasteiger partial charge in [0.25, 0.3) is 0 Å². The van der Waals surface area contributed by atoms with Crippen LogP contribution < -0.4 is 4.89 Å². The van der Waals surface area contributed by atoms with Crippen LogP contribution in [0.15, 0.2) is 18.2 Å². The van der Waals surface area contributed by atoms with E-state index in [1.807, 2.05) is 6.29 Å². The van der Waals surface area contributed by atoms with Gasteiger partial charge in [-0.25, -0.2) is 0 Å². The van der Waals surface area contributed by atoms with E-state index in [1.54, 1.807) is 18.2 Å². The Morgan fingerprint density at radius 3 is 3.15 bits per heavy atom. The Morgan fingerprint density at radius 2 is 2.31 bits per heavy atom. The summed E-state index contributed by atoms with van der Waals surface area (Å²) >= 11 is 0. The number of fused-ring (bicyclic) bond motifs is 1. The van der Waals surface area contributed by atoms with Crippen molar-refractivity contribution in [2.75, 3.05) is 6.61 Å². The van der Waals surface area contributed by atoms with Gasteiger partial charge in [-0.3, -0.25) is 4.79 Å². The quantitative estimate of drug-likeness (QED) is 0.608. The van der Waals surface area contributed by atoms with Crippen molar-refractivity contribution in [1.29, 1.82) is 0 Å². The number of benzene rings is 1. The van der Waals surface area contributed by atoms with Crippen LogP contribution in [0.25, 0.3) is 0 Å². The highest BCUT2D eigenvalue weighted by Crippen LogP contribution is 2.23. The van der Waals surface area contributed by atoms with Gasteiger partial charge in [0.1, 0.15) is 0 Å². The molecule has 0 aromatic heterocycles. The second-order valence-corrected chi connectivity index (χ2v) is 2.93. The molecular weight excluding hydrogens is 168 g/mol. The van der Waals surface area contributed by atoms with Gasteiger partial charge in [0, 0.05) is 5.56 Å². The Balaban J connectivity index is 2.37. The average Bonchev–Trinajstić information content (AvgIpc) is 2.41. The molecule has 1 aliphatic rings. The van der Waals surface area contributed by atoms with Crippen LogP contribution in [0, 0.1) is 0 Å². The van der Waals surface area contributed by atoms with Gasteiger partial charge in [-0.1, -0.05) is 0 Å². The summed E-state index contributed by atoms with van der Waals surface area (Å²) in [5.74, 6) is 0.705. The van der Waals surface area contributed by atoms with Gasteiger partial charge in [-0.05, 0) is 36.6 Å². The maximum Gasteiger partial charge on any atom is 0.233 e. The highest BCUT2D eigenvalue weighted by molar-refractivity contribution is 5.76. The summed E-state index contributed by atoms with van der Waals surface area (Å²) in [6.45, 7) is 0.592. The van der Waals surface area contributed by atoms with Crippen molar-refractivity contribution in [2.24, 2.45) is 0 Å². The van der Waals surface area contributed by atoms with Crippen molar-refractivity contribution >= 4 is 6.29 Å². The molecule has 2 rings (SSSR count). The lowest BCUT2D eigenvalue weighted by atomic mass is 10.1. The fourth-order valence-electron chi connectivity index (χ4n) is 1.35. The van der Waals surface area contributed by atoms with E-state index in [1.165, 1.54) is 0 Å². The second kappa shape index (κ2) is 3.58. The summed E-state index contributed by atoms with van der Waals surface area (Å²) in [6.07, 6.45) is 3.64. The normalized spacial score (nSPS) is 15.4. The van der Waals surface area contributed by atoms with E-state index >= 15 is 0 Å². The molecule has 0 atom stereocenters. The van der Waals surface area contributed by atoms with Crippen molar-refractivity contribution < 1.29 is 14.6 Å². The highest BCUT2D eigenvalue weighted by Gasteiger charge is 2.10. The molecule has 13 heavy (non-hydrogen) atoms. The van der Waals surface area contributed by atoms with E-state index < -0.39 is 0 Å². The molecule has 0 fully saturated rings. The number of hydrogen-bond acceptors (Lipinski definition) is 3. The lowest BCUT2D eigenvalue weighted by molar-refractivity contribution is -0.203. The molecule has 0 aliphatic carbocycles. The van der Waals surface area contributed by atoms with Gasteiger partial charge in [0.15, 0.2) is 5.75 Å². The maximum atomic E-state index is 10.4. The van der Waals surface area contributed by atoms with Gasteiger partial charge < -0.3 is 4.89 Å². The third kappa shape index (κ3) is 1.70. The number of aryl methyl sites for hydroxylation is 1. The molecule has 1 radical (unpaired) electrons. The summed E-state index contributed by atoms with van der Waals surface area (Å²) in [7, 11) is 0. The Labute approximate surface area is 76.2 Å². The first kappa shape index (κ1) is 8.26. The monoisotopic (exact) mass is 177 g/mol. The number of carbonyl (C=O) groups excluding carboxylic acids is 1. The topological polar surface area (TPSA) is 35.5 Å². The van der Waals surface area contributed by atoms with Gasteiger partial charge >= 0.3 is 0 Å². The van der Waals surface area contributed by atoms with Crippen molar-refractivity contribution in [3.63, 3.8) is 0 Å². The minimum absolute atomic E-state index is 0.559. The first-order valence-corrected chi connectivity index (χ1v) is 4.21. The molecule has 3 heteroatoms. The van der Waals surface area contributed by atoms with E-state index in [-0.39, 0.29) is 0 Å². The van der Waals surface area contributed by atoms with Crippen LogP contribution >= 0.6 is 0 Å². The largest absolute Gasteiger partial charge is 0.337 e. The third-order valence-corrected chi connectivity index (χ3v) is 2.00. The molecule has 0 bridgehead atoms. The molecule has 0 spiro atoms. The van der Waals surface area contributed by atoms with E-state index in [2.05, 4.69) is 0 Å². The molecule has 3 nitrogen and oxygen atoms in total. The SMILES string of the molecule is O=[C]c1ccc2c(c1)CCCOO2. The highest BCUT2D eigenvalue weighted by atomic mass is 17.2. The molecule has 1 aromatic rings. The Kier molecular flexibility index (Phi) is 2.27. The molecule has 1 aromatic carbocycles. The third-order valence-electron chi connectivity index (χ3n) is 2.00. The molecule has 0 unspecified atom stereocenters. The fourth-order valence-corrected chi connectivity index (χ4v) is 1.35. The molecule has 1 heterocycles. The van der Waals surface area contributed by atoms with Crippen LogP contribution in [0.5, 0.6) is 5.75 Å². The van der Waals surface area contributed by atoms with Gasteiger partial charge in [-0.15, -0.1) is 0 Å². The molecule has 0 amide bonds. The van der Waals surface area contributed by atoms with Crippen LogP contribution in [0.4, 0.5) is 0 Å². The zero-order valence-electron chi connectivity index (χ0n) is 7.08. The molecule has 67 valence electrons. The van der Waals surface area contributed by atoms with Crippen molar-refractivity contribution in [1.82, 2.24) is 0 Å². The molecular formula is C10H9O3. The van der Waals surface area contributed by atoms with Crippen LogP contribution in [-0.2, 0) is 16.1 Å². The van der Waals surface area contributed by atoms with Gasteiger partial charge in [0.2, 0.25) is 6.29 Å². The summed E-state index contributed by atoms with van der Waals surface area (Å²) in [5, 5.41) is 0. The van der Waals surface area contributed by atoms with Crippen molar-refractivity contribution in [2.45, 2.75) is 12.8 Å². The zero-order valence-corrected chi connectivity index (χ0v) is 7.08. The molecule has 0 saturated heterocycles. The maximum absolute atomic E-state index is 10.4. The predicted molar refractivity (Wildman–Crippen MR) is 46.1 cm³/mol. The van der Waals surface area contributed by atoms with Crippen LogP contribution in [0.3, 0.4) is 0 Å². The standard InChI is InChI=1S/C10H9O3/c11-7-8-3-4-10-9(6-8)2-1-5-12-13-10/h3-4,6H,1-2,5H2. The van der Waals surface area contributed by atoms with Crippen LogP contribution in [-0.4, -0.2) is 12.9 Å². The lowest BCUT2D eigenvalue weighted by Crippen LogP contribution is -1.95. The zero-order chi connectivity index (χ0) is 9.10. The first-order valence-electron chi connectivity index (χ1n) is 4.21. The van der Waals surface area contributed by atoms with E-state index in [9.17, 15) is 4.79 Å². The number of hydrogen-bond donors (Lipinski definition) is 0. The second-order valence-electron chi connectivity index (χ2n) is 2.93. The Hall–Kier alpha value is -1.35. The minimum atomic E-state index is 0.559. The van der Waals surface area contributed by atoms with Crippen LogP contribution in [0.1, 0.15) is 17.5 Å². The molecule has 0 N–H and O–H groups in total. The van der Waals surface area contributed by atoms with Gasteiger partial charge in [0.05, 0.1) is 6.61 Å². The number of rotatable bonds is 1. The fraction of sp³-hybridized carbons (Fsp3) is 0.300. The van der Waals surface area contributed by atoms with Crippen molar-refractivity contribution in [3.05, 3.63) is 29.3 Å². The smallest absolute Gasteiger partial charge is 0.233 e. The van der Waals surface area contributed by atoms with Gasteiger partial charge in [-0.2, -0.15) is 4.89 Å². The Morgan fingerprint density at radius 1 is 1.38 bits per heavy atom. The summed E-state index contributed by atoms with van der Waals surface area (Å²) in [5.41, 5.74) is 1.57. The summed E-state index contributed by atoms with van der Waals surface area (Å²) in [6, 6.07) is 5.19. The Bertz CT molecular complexity index is 320. The minimum Gasteiger partial charge on any atom is -0.337 e. The molecule has 0 saturated carbocycles. The summed E-state index contributed by atoms with van der Waals surface area (Å²) < 4.78 is 0. The predicted octanol–water partition coefficient (Wildman–Crippen LogP) is 1.40. The van der Waals surface area contributed by atoms with E-state index in [4.69, 9.17) is 9.78 Å².